The fraction of sp³-hybridized carbons (Fsp3) is 1.00. The van der Waals surface area contributed by atoms with Crippen molar-refractivity contribution in [1.29, 1.82) is 0 Å². The molecule has 1 aliphatic heterocycles. The van der Waals surface area contributed by atoms with Crippen LogP contribution in [0.15, 0.2) is 0 Å². The van der Waals surface area contributed by atoms with E-state index in [2.05, 4.69) is 0 Å². The second-order valence-corrected chi connectivity index (χ2v) is 3.16. The smallest absolute Gasteiger partial charge is 0.186 e. The lowest BCUT2D eigenvalue weighted by Crippen LogP contribution is -2.57. The Morgan fingerprint density at radius 1 is 1.15 bits per heavy atom. The SMILES string of the molecule is CCC1O[C@H](OC)[C@H](O)[C@@H](O)[C@H]1O. The Hall–Kier alpha value is -0.200. The summed E-state index contributed by atoms with van der Waals surface area (Å²) >= 11 is 0. The summed E-state index contributed by atoms with van der Waals surface area (Å²) in [6, 6.07) is 0. The first kappa shape index (κ1) is 10.9. The van der Waals surface area contributed by atoms with Gasteiger partial charge < -0.3 is 24.8 Å². The third-order valence-corrected chi connectivity index (χ3v) is 2.30. The minimum atomic E-state index is -1.20. The molecule has 0 aliphatic carbocycles. The maximum atomic E-state index is 9.43. The van der Waals surface area contributed by atoms with Gasteiger partial charge in [-0.3, -0.25) is 0 Å². The number of hydrogen-bond acceptors (Lipinski definition) is 5. The predicted octanol–water partition coefficient (Wildman–Crippen LogP) is -1.15. The topological polar surface area (TPSA) is 79.2 Å². The van der Waals surface area contributed by atoms with Crippen LogP contribution in [0.5, 0.6) is 0 Å². The Bertz CT molecular complexity index is 143. The van der Waals surface area contributed by atoms with E-state index in [0.29, 0.717) is 6.42 Å². The third kappa shape index (κ3) is 2.00. The first-order valence-electron chi connectivity index (χ1n) is 4.34. The van der Waals surface area contributed by atoms with Crippen LogP contribution in [-0.4, -0.2) is 53.1 Å². The molecule has 1 unspecified atom stereocenters. The standard InChI is InChI=1S/C8H16O5/c1-3-4-5(9)6(10)7(11)8(12-2)13-4/h4-11H,3H2,1-2H3/t4?,5-,6-,7+,8-/m0/s1. The molecule has 78 valence electrons. The van der Waals surface area contributed by atoms with E-state index in [1.165, 1.54) is 7.11 Å². The minimum Gasteiger partial charge on any atom is -0.388 e. The maximum Gasteiger partial charge on any atom is 0.186 e. The summed E-state index contributed by atoms with van der Waals surface area (Å²) in [7, 11) is 1.38. The van der Waals surface area contributed by atoms with Crippen LogP contribution in [0.3, 0.4) is 0 Å². The number of ether oxygens (including phenoxy) is 2. The molecular formula is C8H16O5. The molecule has 1 saturated heterocycles. The quantitative estimate of drug-likeness (QED) is 0.515. The molecule has 0 spiro atoms. The van der Waals surface area contributed by atoms with E-state index < -0.39 is 30.7 Å². The molecule has 0 radical (unpaired) electrons. The second-order valence-electron chi connectivity index (χ2n) is 3.16. The van der Waals surface area contributed by atoms with Crippen molar-refractivity contribution in [3.05, 3.63) is 0 Å². The minimum absolute atomic E-state index is 0.483. The van der Waals surface area contributed by atoms with Gasteiger partial charge in [-0.05, 0) is 6.42 Å². The van der Waals surface area contributed by atoms with E-state index >= 15 is 0 Å². The van der Waals surface area contributed by atoms with Gasteiger partial charge in [0.1, 0.15) is 18.3 Å². The van der Waals surface area contributed by atoms with Crippen molar-refractivity contribution in [2.45, 2.75) is 44.1 Å². The molecule has 1 fully saturated rings. The van der Waals surface area contributed by atoms with Crippen LogP contribution in [-0.2, 0) is 9.47 Å². The van der Waals surface area contributed by atoms with Crippen LogP contribution >= 0.6 is 0 Å². The molecule has 0 aromatic carbocycles. The number of methoxy groups -OCH3 is 1. The Morgan fingerprint density at radius 2 is 1.77 bits per heavy atom. The molecule has 0 aromatic rings. The van der Waals surface area contributed by atoms with Crippen molar-refractivity contribution in [1.82, 2.24) is 0 Å². The van der Waals surface area contributed by atoms with Gasteiger partial charge in [0, 0.05) is 7.11 Å². The van der Waals surface area contributed by atoms with Crippen molar-refractivity contribution in [2.75, 3.05) is 7.11 Å². The van der Waals surface area contributed by atoms with E-state index in [1.54, 1.807) is 0 Å². The van der Waals surface area contributed by atoms with Crippen molar-refractivity contribution in [2.24, 2.45) is 0 Å². The van der Waals surface area contributed by atoms with Gasteiger partial charge >= 0.3 is 0 Å². The van der Waals surface area contributed by atoms with Crippen LogP contribution in [0.2, 0.25) is 0 Å². The van der Waals surface area contributed by atoms with Crippen LogP contribution in [0, 0.1) is 0 Å². The van der Waals surface area contributed by atoms with Gasteiger partial charge in [0.15, 0.2) is 6.29 Å². The van der Waals surface area contributed by atoms with E-state index in [1.807, 2.05) is 6.92 Å². The molecular weight excluding hydrogens is 176 g/mol. The summed E-state index contributed by atoms with van der Waals surface area (Å²) in [4.78, 5) is 0. The molecule has 1 aliphatic rings. The Balaban J connectivity index is 2.66. The largest absolute Gasteiger partial charge is 0.388 e. The first-order valence-corrected chi connectivity index (χ1v) is 4.34. The summed E-state index contributed by atoms with van der Waals surface area (Å²) < 4.78 is 10.0. The first-order chi connectivity index (χ1) is 6.11. The Morgan fingerprint density at radius 3 is 2.23 bits per heavy atom. The lowest BCUT2D eigenvalue weighted by Gasteiger charge is -2.39. The normalized spacial score (nSPS) is 46.4. The van der Waals surface area contributed by atoms with E-state index in [4.69, 9.17) is 9.47 Å². The molecule has 1 rings (SSSR count). The van der Waals surface area contributed by atoms with E-state index in [-0.39, 0.29) is 0 Å². The number of aliphatic hydroxyl groups excluding tert-OH is 3. The lowest BCUT2D eigenvalue weighted by atomic mass is 9.97. The highest BCUT2D eigenvalue weighted by atomic mass is 16.7. The Labute approximate surface area is 76.9 Å². The van der Waals surface area contributed by atoms with Gasteiger partial charge in [-0.15, -0.1) is 0 Å². The van der Waals surface area contributed by atoms with Crippen molar-refractivity contribution in [3.63, 3.8) is 0 Å². The third-order valence-electron chi connectivity index (χ3n) is 2.30. The fourth-order valence-corrected chi connectivity index (χ4v) is 1.45. The van der Waals surface area contributed by atoms with Gasteiger partial charge in [-0.1, -0.05) is 6.92 Å². The summed E-state index contributed by atoms with van der Waals surface area (Å²) in [5.41, 5.74) is 0. The summed E-state index contributed by atoms with van der Waals surface area (Å²) in [5, 5.41) is 28.2. The summed E-state index contributed by atoms with van der Waals surface area (Å²) in [6.07, 6.45) is -4.23. The predicted molar refractivity (Wildman–Crippen MR) is 44.0 cm³/mol. The number of aliphatic hydroxyl groups is 3. The summed E-state index contributed by atoms with van der Waals surface area (Å²) in [6.45, 7) is 1.82. The summed E-state index contributed by atoms with van der Waals surface area (Å²) in [5.74, 6) is 0. The zero-order chi connectivity index (χ0) is 10.0. The van der Waals surface area contributed by atoms with Crippen molar-refractivity contribution in [3.8, 4) is 0 Å². The molecule has 0 amide bonds. The van der Waals surface area contributed by atoms with Gasteiger partial charge in [-0.25, -0.2) is 0 Å². The van der Waals surface area contributed by atoms with Gasteiger partial charge in [-0.2, -0.15) is 0 Å². The van der Waals surface area contributed by atoms with Crippen LogP contribution in [0.1, 0.15) is 13.3 Å². The van der Waals surface area contributed by atoms with Crippen LogP contribution < -0.4 is 0 Å². The molecule has 0 aromatic heterocycles. The number of rotatable bonds is 2. The molecule has 0 saturated carbocycles. The van der Waals surface area contributed by atoms with Crippen LogP contribution in [0.25, 0.3) is 0 Å². The highest BCUT2D eigenvalue weighted by molar-refractivity contribution is 4.88. The van der Waals surface area contributed by atoms with E-state index in [9.17, 15) is 15.3 Å². The number of hydrogen-bond donors (Lipinski definition) is 3. The monoisotopic (exact) mass is 192 g/mol. The molecule has 5 nitrogen and oxygen atoms in total. The molecule has 13 heavy (non-hydrogen) atoms. The average molecular weight is 192 g/mol. The zero-order valence-corrected chi connectivity index (χ0v) is 7.75. The van der Waals surface area contributed by atoms with Gasteiger partial charge in [0.25, 0.3) is 0 Å². The molecule has 0 bridgehead atoms. The van der Waals surface area contributed by atoms with E-state index in [0.717, 1.165) is 0 Å². The second kappa shape index (κ2) is 4.34. The average Bonchev–Trinajstić information content (AvgIpc) is 2.15. The molecule has 5 atom stereocenters. The highest BCUT2D eigenvalue weighted by Gasteiger charge is 2.42. The Kier molecular flexibility index (Phi) is 3.63. The molecule has 1 heterocycles. The van der Waals surface area contributed by atoms with Gasteiger partial charge in [0.05, 0.1) is 6.10 Å². The maximum absolute atomic E-state index is 9.43. The van der Waals surface area contributed by atoms with Gasteiger partial charge in [0.2, 0.25) is 0 Å². The molecule has 3 N–H and O–H groups in total. The van der Waals surface area contributed by atoms with Crippen molar-refractivity contribution < 1.29 is 24.8 Å². The van der Waals surface area contributed by atoms with Crippen molar-refractivity contribution >= 4 is 0 Å². The zero-order valence-electron chi connectivity index (χ0n) is 7.75. The van der Waals surface area contributed by atoms with Crippen LogP contribution in [0.4, 0.5) is 0 Å². The molecule has 5 heteroatoms. The lowest BCUT2D eigenvalue weighted by molar-refractivity contribution is -0.290. The highest BCUT2D eigenvalue weighted by Crippen LogP contribution is 2.23. The fourth-order valence-electron chi connectivity index (χ4n) is 1.45.